The second-order valence-corrected chi connectivity index (χ2v) is 7.06. The number of nitro groups is 1. The van der Waals surface area contributed by atoms with Crippen LogP contribution in [-0.2, 0) is 11.2 Å². The van der Waals surface area contributed by atoms with E-state index in [0.717, 1.165) is 5.56 Å². The van der Waals surface area contributed by atoms with Crippen molar-refractivity contribution in [3.8, 4) is 0 Å². The Balaban J connectivity index is 1.64. The minimum Gasteiger partial charge on any atom is -0.303 e. The third-order valence-electron chi connectivity index (χ3n) is 3.52. The lowest BCUT2D eigenvalue weighted by Gasteiger charge is -2.05. The summed E-state index contributed by atoms with van der Waals surface area (Å²) in [6, 6.07) is 13.4. The van der Waals surface area contributed by atoms with E-state index in [1.54, 1.807) is 18.2 Å². The second kappa shape index (κ2) is 8.11. The van der Waals surface area contributed by atoms with Crippen LogP contribution in [0.15, 0.2) is 58.7 Å². The number of thioether (sulfide) groups is 1. The van der Waals surface area contributed by atoms with Crippen molar-refractivity contribution < 1.29 is 9.72 Å². The van der Waals surface area contributed by atoms with Crippen LogP contribution in [0.4, 0.5) is 5.69 Å². The van der Waals surface area contributed by atoms with E-state index in [2.05, 4.69) is 15.5 Å². The smallest absolute Gasteiger partial charge is 0.270 e. The summed E-state index contributed by atoms with van der Waals surface area (Å²) in [4.78, 5) is 22.3. The Morgan fingerprint density at radius 2 is 2.08 bits per heavy atom. The number of nitrogens with zero attached hydrogens (tertiary/aromatic N) is 3. The van der Waals surface area contributed by atoms with E-state index in [4.69, 9.17) is 11.6 Å². The zero-order valence-electron chi connectivity index (χ0n) is 13.3. The molecule has 0 spiro atoms. The predicted octanol–water partition coefficient (Wildman–Crippen LogP) is 3.41. The molecule has 1 aliphatic rings. The average Bonchev–Trinajstić information content (AvgIpc) is 2.95. The van der Waals surface area contributed by atoms with E-state index in [-0.39, 0.29) is 16.8 Å². The van der Waals surface area contributed by atoms with Gasteiger partial charge in [-0.1, -0.05) is 47.6 Å². The predicted molar refractivity (Wildman–Crippen MR) is 103 cm³/mol. The van der Waals surface area contributed by atoms with Gasteiger partial charge in [0.25, 0.3) is 5.69 Å². The Labute approximate surface area is 158 Å². The van der Waals surface area contributed by atoms with E-state index >= 15 is 0 Å². The molecule has 1 aliphatic heterocycles. The fourth-order valence-electron chi connectivity index (χ4n) is 2.33. The molecule has 1 N–H and O–H groups in total. The van der Waals surface area contributed by atoms with Crippen LogP contribution < -0.4 is 5.32 Å². The van der Waals surface area contributed by atoms with E-state index in [0.29, 0.717) is 22.2 Å². The summed E-state index contributed by atoms with van der Waals surface area (Å²) >= 11 is 7.25. The number of hydrogen-bond donors (Lipinski definition) is 1. The van der Waals surface area contributed by atoms with Crippen LogP contribution in [0.2, 0.25) is 5.02 Å². The van der Waals surface area contributed by atoms with E-state index in [9.17, 15) is 14.9 Å². The van der Waals surface area contributed by atoms with Gasteiger partial charge in [0.1, 0.15) is 0 Å². The molecule has 7 nitrogen and oxygen atoms in total. The monoisotopic (exact) mass is 388 g/mol. The molecular formula is C17H13ClN4O3S. The molecule has 1 atom stereocenters. The van der Waals surface area contributed by atoms with Crippen molar-refractivity contribution in [1.29, 1.82) is 0 Å². The minimum absolute atomic E-state index is 0.0215. The number of amides is 1. The number of carbonyl (C=O) groups excluding carboxylic acids is 1. The molecule has 1 saturated heterocycles. The Morgan fingerprint density at radius 1 is 1.27 bits per heavy atom. The Morgan fingerprint density at radius 3 is 2.85 bits per heavy atom. The Kier molecular flexibility index (Phi) is 5.65. The SMILES string of the molecule is O=C1N/C(=N\N=C/c2cccc([N+](=O)[O-])c2)S[C@@H]1Cc1cccc(Cl)c1. The van der Waals surface area contributed by atoms with Gasteiger partial charge in [-0.3, -0.25) is 14.9 Å². The van der Waals surface area contributed by atoms with Gasteiger partial charge in [0.05, 0.1) is 16.4 Å². The highest BCUT2D eigenvalue weighted by Gasteiger charge is 2.30. The number of rotatable bonds is 5. The number of non-ortho nitro benzene ring substituents is 1. The van der Waals surface area contributed by atoms with Gasteiger partial charge in [-0.05, 0) is 24.1 Å². The molecule has 1 heterocycles. The highest BCUT2D eigenvalue weighted by atomic mass is 35.5. The van der Waals surface area contributed by atoms with Crippen molar-refractivity contribution >= 4 is 46.3 Å². The maximum atomic E-state index is 12.1. The molecule has 9 heteroatoms. The van der Waals surface area contributed by atoms with Gasteiger partial charge >= 0.3 is 0 Å². The zero-order valence-corrected chi connectivity index (χ0v) is 14.9. The van der Waals surface area contributed by atoms with E-state index in [1.807, 2.05) is 18.2 Å². The molecular weight excluding hydrogens is 376 g/mol. The van der Waals surface area contributed by atoms with Crippen LogP contribution in [0.5, 0.6) is 0 Å². The first-order valence-corrected chi connectivity index (χ1v) is 8.84. The normalized spacial score (nSPS) is 18.4. The van der Waals surface area contributed by atoms with Gasteiger partial charge in [0, 0.05) is 22.7 Å². The van der Waals surface area contributed by atoms with Crippen molar-refractivity contribution in [1.82, 2.24) is 5.32 Å². The van der Waals surface area contributed by atoms with Crippen molar-refractivity contribution in [2.45, 2.75) is 11.7 Å². The molecule has 0 saturated carbocycles. The lowest BCUT2D eigenvalue weighted by Crippen LogP contribution is -2.25. The molecule has 0 bridgehead atoms. The number of halogens is 1. The summed E-state index contributed by atoms with van der Waals surface area (Å²) in [7, 11) is 0. The third kappa shape index (κ3) is 4.68. The Hall–Kier alpha value is -2.71. The maximum Gasteiger partial charge on any atom is 0.270 e. The highest BCUT2D eigenvalue weighted by molar-refractivity contribution is 8.15. The molecule has 0 aliphatic carbocycles. The summed E-state index contributed by atoms with van der Waals surface area (Å²) in [5, 5.41) is 22.0. The fraction of sp³-hybridized carbons (Fsp3) is 0.118. The van der Waals surface area contributed by atoms with Gasteiger partial charge in [0.15, 0.2) is 5.17 Å². The van der Waals surface area contributed by atoms with Crippen molar-refractivity contribution in [3.63, 3.8) is 0 Å². The number of benzene rings is 2. The molecule has 3 rings (SSSR count). The van der Waals surface area contributed by atoms with Crippen LogP contribution in [0, 0.1) is 10.1 Å². The number of hydrogen-bond acceptors (Lipinski definition) is 6. The van der Waals surface area contributed by atoms with Crippen LogP contribution in [0.25, 0.3) is 0 Å². The molecule has 0 aromatic heterocycles. The van der Waals surface area contributed by atoms with Crippen molar-refractivity contribution in [2.24, 2.45) is 10.2 Å². The molecule has 0 unspecified atom stereocenters. The molecule has 132 valence electrons. The molecule has 2 aromatic rings. The summed E-state index contributed by atoms with van der Waals surface area (Å²) in [6.45, 7) is 0. The maximum absolute atomic E-state index is 12.1. The quantitative estimate of drug-likeness (QED) is 0.482. The molecule has 1 amide bonds. The van der Waals surface area contributed by atoms with Gasteiger partial charge in [0.2, 0.25) is 5.91 Å². The van der Waals surface area contributed by atoms with Crippen molar-refractivity contribution in [2.75, 3.05) is 0 Å². The van der Waals surface area contributed by atoms with Gasteiger partial charge < -0.3 is 5.32 Å². The fourth-order valence-corrected chi connectivity index (χ4v) is 3.51. The average molecular weight is 389 g/mol. The van der Waals surface area contributed by atoms with Crippen LogP contribution in [0.1, 0.15) is 11.1 Å². The van der Waals surface area contributed by atoms with E-state index in [1.165, 1.54) is 30.1 Å². The van der Waals surface area contributed by atoms with Crippen LogP contribution in [0.3, 0.4) is 0 Å². The summed E-state index contributed by atoms with van der Waals surface area (Å²) < 4.78 is 0. The van der Waals surface area contributed by atoms with E-state index < -0.39 is 4.92 Å². The number of amidine groups is 1. The second-order valence-electron chi connectivity index (χ2n) is 5.43. The highest BCUT2D eigenvalue weighted by Crippen LogP contribution is 2.24. The first-order valence-electron chi connectivity index (χ1n) is 7.59. The molecule has 1 fully saturated rings. The summed E-state index contributed by atoms with van der Waals surface area (Å²) in [6.07, 6.45) is 1.93. The van der Waals surface area contributed by atoms with Gasteiger partial charge in [-0.2, -0.15) is 5.10 Å². The first-order chi connectivity index (χ1) is 12.5. The Bertz CT molecular complexity index is 916. The van der Waals surface area contributed by atoms with Gasteiger partial charge in [-0.25, -0.2) is 0 Å². The standard InChI is InChI=1S/C17H13ClN4O3S/c18-13-5-1-3-11(7-13)9-15-16(23)20-17(26-15)21-19-10-12-4-2-6-14(8-12)22(24)25/h1-8,10,15H,9H2,(H,20,21,23)/b19-10-/t15-/m1/s1. The van der Waals surface area contributed by atoms with Gasteiger partial charge in [-0.15, -0.1) is 5.10 Å². The topological polar surface area (TPSA) is 97.0 Å². The molecule has 0 radical (unpaired) electrons. The minimum atomic E-state index is -0.475. The van der Waals surface area contributed by atoms with Crippen LogP contribution >= 0.6 is 23.4 Å². The molecule has 26 heavy (non-hydrogen) atoms. The summed E-state index contributed by atoms with van der Waals surface area (Å²) in [5.74, 6) is -0.140. The van der Waals surface area contributed by atoms with Crippen molar-refractivity contribution in [3.05, 3.63) is 74.8 Å². The number of nitrogens with one attached hydrogen (secondary N) is 1. The van der Waals surface area contributed by atoms with Crippen LogP contribution in [-0.4, -0.2) is 27.5 Å². The third-order valence-corrected chi connectivity index (χ3v) is 4.83. The zero-order chi connectivity index (χ0) is 18.5. The molecule has 2 aromatic carbocycles. The first kappa shape index (κ1) is 18.1. The lowest BCUT2D eigenvalue weighted by molar-refractivity contribution is -0.384. The largest absolute Gasteiger partial charge is 0.303 e. The summed E-state index contributed by atoms with van der Waals surface area (Å²) in [5.41, 5.74) is 1.49. The number of carbonyl (C=O) groups is 1. The number of nitro benzene ring substituents is 1. The lowest BCUT2D eigenvalue weighted by atomic mass is 10.1.